The molecule has 20 heavy (non-hydrogen) atoms. The number of nitrogens with zero attached hydrogens (tertiary/aromatic N) is 2. The van der Waals surface area contributed by atoms with Crippen molar-refractivity contribution in [2.45, 2.75) is 45.7 Å². The van der Waals surface area contributed by atoms with Crippen molar-refractivity contribution in [3.05, 3.63) is 22.4 Å². The van der Waals surface area contributed by atoms with Gasteiger partial charge in [-0.1, -0.05) is 13.8 Å². The number of likely N-dealkylation sites (N-methyl/N-ethyl adjacent to an activating group) is 1. The van der Waals surface area contributed by atoms with Gasteiger partial charge < -0.3 is 14.8 Å². The van der Waals surface area contributed by atoms with Crippen LogP contribution < -0.4 is 5.32 Å². The monoisotopic (exact) mass is 341 g/mol. The van der Waals surface area contributed by atoms with E-state index >= 15 is 0 Å². The first-order chi connectivity index (χ1) is 9.55. The van der Waals surface area contributed by atoms with Gasteiger partial charge in [-0.2, -0.15) is 0 Å². The maximum absolute atomic E-state index is 12.4. The van der Waals surface area contributed by atoms with Gasteiger partial charge in [-0.15, -0.1) is 0 Å². The molecule has 1 N–H and O–H groups in total. The molecule has 0 saturated heterocycles. The van der Waals surface area contributed by atoms with E-state index in [2.05, 4.69) is 51.5 Å². The highest BCUT2D eigenvalue weighted by Crippen LogP contribution is 2.37. The number of amides is 1. The molecule has 112 valence electrons. The highest BCUT2D eigenvalue weighted by atomic mass is 79.9. The summed E-state index contributed by atoms with van der Waals surface area (Å²) in [5.74, 6) is 0.0299. The molecule has 0 aromatic carbocycles. The molecule has 1 unspecified atom stereocenters. The van der Waals surface area contributed by atoms with Gasteiger partial charge in [0.25, 0.3) is 5.91 Å². The predicted octanol–water partition coefficient (Wildman–Crippen LogP) is 3.05. The molecular formula is C15H24BrN3O. The van der Waals surface area contributed by atoms with Gasteiger partial charge in [0.05, 0.1) is 0 Å². The van der Waals surface area contributed by atoms with Crippen LogP contribution in [0.3, 0.4) is 0 Å². The van der Waals surface area contributed by atoms with Crippen LogP contribution in [-0.2, 0) is 0 Å². The van der Waals surface area contributed by atoms with E-state index in [1.165, 1.54) is 12.8 Å². The second-order valence-electron chi connectivity index (χ2n) is 5.54. The van der Waals surface area contributed by atoms with E-state index in [-0.39, 0.29) is 11.9 Å². The average molecular weight is 342 g/mol. The standard InChI is InChI=1S/C15H24BrN3O/c1-4-18(5-2)9-11(3)17-15(20)14-8-12(16)10-19(14)13-6-7-13/h8,10-11,13H,4-7,9H2,1-3H3,(H,17,20). The minimum atomic E-state index is 0.0299. The van der Waals surface area contributed by atoms with Crippen LogP contribution >= 0.6 is 15.9 Å². The molecule has 1 heterocycles. The number of rotatable bonds is 7. The minimum Gasteiger partial charge on any atom is -0.347 e. The van der Waals surface area contributed by atoms with E-state index in [0.717, 1.165) is 29.8 Å². The fourth-order valence-corrected chi connectivity index (χ4v) is 2.93. The van der Waals surface area contributed by atoms with Crippen LogP contribution in [0, 0.1) is 0 Å². The molecule has 2 rings (SSSR count). The quantitative estimate of drug-likeness (QED) is 0.827. The number of carbonyl (C=O) groups excluding carboxylic acids is 1. The lowest BCUT2D eigenvalue weighted by Crippen LogP contribution is -2.42. The summed E-state index contributed by atoms with van der Waals surface area (Å²) in [5.41, 5.74) is 0.769. The fraction of sp³-hybridized carbons (Fsp3) is 0.667. The van der Waals surface area contributed by atoms with E-state index in [4.69, 9.17) is 0 Å². The summed E-state index contributed by atoms with van der Waals surface area (Å²) in [5, 5.41) is 3.11. The molecule has 1 saturated carbocycles. The summed E-state index contributed by atoms with van der Waals surface area (Å²) >= 11 is 3.47. The van der Waals surface area contributed by atoms with Crippen LogP contribution in [-0.4, -0.2) is 41.1 Å². The first-order valence-corrected chi connectivity index (χ1v) is 8.25. The lowest BCUT2D eigenvalue weighted by Gasteiger charge is -2.23. The second kappa shape index (κ2) is 6.76. The second-order valence-corrected chi connectivity index (χ2v) is 6.46. The van der Waals surface area contributed by atoms with Gasteiger partial charge in [0, 0.05) is 29.3 Å². The van der Waals surface area contributed by atoms with E-state index in [1.807, 2.05) is 12.3 Å². The van der Waals surface area contributed by atoms with Crippen molar-refractivity contribution in [3.63, 3.8) is 0 Å². The van der Waals surface area contributed by atoms with Crippen LogP contribution in [0.5, 0.6) is 0 Å². The topological polar surface area (TPSA) is 37.3 Å². The largest absolute Gasteiger partial charge is 0.347 e. The summed E-state index contributed by atoms with van der Waals surface area (Å²) < 4.78 is 3.08. The van der Waals surface area contributed by atoms with Crippen molar-refractivity contribution in [2.75, 3.05) is 19.6 Å². The summed E-state index contributed by atoms with van der Waals surface area (Å²) in [4.78, 5) is 14.7. The number of halogens is 1. The van der Waals surface area contributed by atoms with Crippen molar-refractivity contribution < 1.29 is 4.79 Å². The molecule has 0 bridgehead atoms. The Kier molecular flexibility index (Phi) is 5.27. The molecule has 1 atom stereocenters. The van der Waals surface area contributed by atoms with Crippen LogP contribution in [0.25, 0.3) is 0 Å². The zero-order valence-electron chi connectivity index (χ0n) is 12.5. The molecule has 0 spiro atoms. The Labute approximate surface area is 129 Å². The Morgan fingerprint density at radius 2 is 2.15 bits per heavy atom. The third-order valence-electron chi connectivity index (χ3n) is 3.79. The lowest BCUT2D eigenvalue weighted by atomic mass is 10.2. The Bertz CT molecular complexity index is 464. The van der Waals surface area contributed by atoms with Gasteiger partial charge in [0.1, 0.15) is 5.69 Å². The number of hydrogen-bond acceptors (Lipinski definition) is 2. The smallest absolute Gasteiger partial charge is 0.268 e. The van der Waals surface area contributed by atoms with Gasteiger partial charge >= 0.3 is 0 Å². The molecule has 5 heteroatoms. The summed E-state index contributed by atoms with van der Waals surface area (Å²) in [6.45, 7) is 9.28. The molecule has 4 nitrogen and oxygen atoms in total. The summed E-state index contributed by atoms with van der Waals surface area (Å²) in [7, 11) is 0. The number of nitrogens with one attached hydrogen (secondary N) is 1. The van der Waals surface area contributed by atoms with Crippen molar-refractivity contribution in [3.8, 4) is 0 Å². The maximum Gasteiger partial charge on any atom is 0.268 e. The van der Waals surface area contributed by atoms with E-state index in [1.54, 1.807) is 0 Å². The molecule has 1 aromatic heterocycles. The Morgan fingerprint density at radius 1 is 1.50 bits per heavy atom. The zero-order chi connectivity index (χ0) is 14.7. The summed E-state index contributed by atoms with van der Waals surface area (Å²) in [6.07, 6.45) is 4.37. The number of hydrogen-bond donors (Lipinski definition) is 1. The molecular weight excluding hydrogens is 318 g/mol. The van der Waals surface area contributed by atoms with E-state index in [9.17, 15) is 4.79 Å². The van der Waals surface area contributed by atoms with Crippen LogP contribution in [0.15, 0.2) is 16.7 Å². The van der Waals surface area contributed by atoms with E-state index in [0.29, 0.717) is 6.04 Å². The zero-order valence-corrected chi connectivity index (χ0v) is 14.1. The first-order valence-electron chi connectivity index (χ1n) is 7.45. The molecule has 1 aliphatic rings. The fourth-order valence-electron chi connectivity index (χ4n) is 2.49. The highest BCUT2D eigenvalue weighted by molar-refractivity contribution is 9.10. The van der Waals surface area contributed by atoms with Crippen molar-refractivity contribution >= 4 is 21.8 Å². The first kappa shape index (κ1) is 15.6. The molecule has 0 radical (unpaired) electrons. The van der Waals surface area contributed by atoms with Gasteiger partial charge in [-0.25, -0.2) is 0 Å². The van der Waals surface area contributed by atoms with Crippen molar-refractivity contribution in [2.24, 2.45) is 0 Å². The van der Waals surface area contributed by atoms with Gasteiger partial charge in [-0.05, 0) is 54.9 Å². The van der Waals surface area contributed by atoms with Gasteiger partial charge in [0.15, 0.2) is 0 Å². The van der Waals surface area contributed by atoms with Crippen LogP contribution in [0.4, 0.5) is 0 Å². The highest BCUT2D eigenvalue weighted by Gasteiger charge is 2.28. The molecule has 0 aliphatic heterocycles. The van der Waals surface area contributed by atoms with Crippen molar-refractivity contribution in [1.29, 1.82) is 0 Å². The van der Waals surface area contributed by atoms with Gasteiger partial charge in [-0.3, -0.25) is 4.79 Å². The van der Waals surface area contributed by atoms with Crippen LogP contribution in [0.1, 0.15) is 50.1 Å². The normalized spacial score (nSPS) is 16.4. The Balaban J connectivity index is 1.97. The predicted molar refractivity (Wildman–Crippen MR) is 85.1 cm³/mol. The molecule has 1 aromatic rings. The molecule has 1 amide bonds. The number of aromatic nitrogens is 1. The lowest BCUT2D eigenvalue weighted by molar-refractivity contribution is 0.0920. The Hall–Kier alpha value is -0.810. The van der Waals surface area contributed by atoms with E-state index < -0.39 is 0 Å². The third kappa shape index (κ3) is 3.85. The van der Waals surface area contributed by atoms with Crippen molar-refractivity contribution in [1.82, 2.24) is 14.8 Å². The Morgan fingerprint density at radius 3 is 2.70 bits per heavy atom. The summed E-state index contributed by atoms with van der Waals surface area (Å²) in [6, 6.07) is 2.58. The maximum atomic E-state index is 12.4. The average Bonchev–Trinajstić information content (AvgIpc) is 3.18. The molecule has 1 fully saturated rings. The van der Waals surface area contributed by atoms with Gasteiger partial charge in [0.2, 0.25) is 0 Å². The molecule has 1 aliphatic carbocycles. The third-order valence-corrected chi connectivity index (χ3v) is 4.23. The number of carbonyl (C=O) groups is 1. The minimum absolute atomic E-state index is 0.0299. The SMILES string of the molecule is CCN(CC)CC(C)NC(=O)c1cc(Br)cn1C1CC1. The van der Waals surface area contributed by atoms with Crippen LogP contribution in [0.2, 0.25) is 0 Å².